The number of phenolic OH excluding ortho intramolecular Hbond substituents is 2. The van der Waals surface area contributed by atoms with Crippen molar-refractivity contribution in [2.24, 2.45) is 11.5 Å². The molecule has 2 aromatic carbocycles. The van der Waals surface area contributed by atoms with Crippen LogP contribution in [-0.2, 0) is 4.79 Å². The van der Waals surface area contributed by atoms with Crippen LogP contribution in [0.3, 0.4) is 0 Å². The summed E-state index contributed by atoms with van der Waals surface area (Å²) in [7, 11) is 0. The molecule has 30 heavy (non-hydrogen) atoms. The number of carbonyl (C=O) groups excluding carboxylic acids is 1. The lowest BCUT2D eigenvalue weighted by Crippen LogP contribution is -2.35. The van der Waals surface area contributed by atoms with Crippen LogP contribution in [0.1, 0.15) is 44.2 Å². The van der Waals surface area contributed by atoms with Crippen LogP contribution in [0.2, 0.25) is 0 Å². The molecule has 1 atom stereocenters. The van der Waals surface area contributed by atoms with E-state index >= 15 is 0 Å². The highest BCUT2D eigenvalue weighted by Crippen LogP contribution is 2.39. The van der Waals surface area contributed by atoms with E-state index in [9.17, 15) is 15.0 Å². The lowest BCUT2D eigenvalue weighted by Gasteiger charge is -2.16. The second-order valence-corrected chi connectivity index (χ2v) is 7.12. The molecular formula is C24H31N3O3. The van der Waals surface area contributed by atoms with E-state index in [1.807, 2.05) is 38.1 Å². The van der Waals surface area contributed by atoms with Crippen molar-refractivity contribution in [1.29, 1.82) is 0 Å². The number of hydrogen-bond donors (Lipinski definition) is 5. The Morgan fingerprint density at radius 1 is 1.10 bits per heavy atom. The minimum atomic E-state index is -0.681. The largest absolute Gasteiger partial charge is 0.507 e. The van der Waals surface area contributed by atoms with Crippen LogP contribution in [0.15, 0.2) is 42.5 Å². The molecule has 160 valence electrons. The summed E-state index contributed by atoms with van der Waals surface area (Å²) in [4.78, 5) is 12.5. The SMILES string of the molecule is CC=Cc1cc(NC(=O)[C@@H](N)CCCCN)c(O)c(-c2ccc(O)c(C=CC)c2)c1. The Bertz CT molecular complexity index is 936. The highest BCUT2D eigenvalue weighted by molar-refractivity contribution is 5.98. The van der Waals surface area contributed by atoms with E-state index in [4.69, 9.17) is 11.5 Å². The maximum absolute atomic E-state index is 12.5. The second-order valence-electron chi connectivity index (χ2n) is 7.12. The number of amides is 1. The number of aromatic hydroxyl groups is 2. The van der Waals surface area contributed by atoms with Gasteiger partial charge in [-0.15, -0.1) is 0 Å². The number of phenols is 2. The predicted molar refractivity (Wildman–Crippen MR) is 124 cm³/mol. The van der Waals surface area contributed by atoms with Gasteiger partial charge in [0, 0.05) is 11.1 Å². The van der Waals surface area contributed by atoms with Crippen molar-refractivity contribution < 1.29 is 15.0 Å². The van der Waals surface area contributed by atoms with Gasteiger partial charge in [-0.2, -0.15) is 0 Å². The third kappa shape index (κ3) is 5.95. The molecule has 6 nitrogen and oxygen atoms in total. The van der Waals surface area contributed by atoms with Crippen molar-refractivity contribution in [1.82, 2.24) is 0 Å². The molecule has 0 aromatic heterocycles. The molecular weight excluding hydrogens is 378 g/mol. The van der Waals surface area contributed by atoms with Gasteiger partial charge in [0.1, 0.15) is 11.5 Å². The average Bonchev–Trinajstić information content (AvgIpc) is 2.72. The summed E-state index contributed by atoms with van der Waals surface area (Å²) in [5.41, 5.74) is 14.5. The molecule has 0 unspecified atom stereocenters. The summed E-state index contributed by atoms with van der Waals surface area (Å²) in [5.74, 6) is -0.257. The first kappa shape index (κ1) is 23.2. The molecule has 2 rings (SSSR count). The van der Waals surface area contributed by atoms with Crippen molar-refractivity contribution in [2.45, 2.75) is 39.2 Å². The highest BCUT2D eigenvalue weighted by atomic mass is 16.3. The van der Waals surface area contributed by atoms with Crippen LogP contribution in [0, 0.1) is 0 Å². The molecule has 0 radical (unpaired) electrons. The topological polar surface area (TPSA) is 122 Å². The maximum Gasteiger partial charge on any atom is 0.241 e. The minimum absolute atomic E-state index is 0.0529. The van der Waals surface area contributed by atoms with Crippen LogP contribution >= 0.6 is 0 Å². The molecule has 0 saturated heterocycles. The van der Waals surface area contributed by atoms with Gasteiger partial charge in [-0.1, -0.05) is 36.8 Å². The molecule has 0 fully saturated rings. The first-order valence-corrected chi connectivity index (χ1v) is 10.1. The first-order chi connectivity index (χ1) is 14.4. The van der Waals surface area contributed by atoms with Gasteiger partial charge in [0.05, 0.1) is 11.7 Å². The number of rotatable bonds is 9. The minimum Gasteiger partial charge on any atom is -0.507 e. The Morgan fingerprint density at radius 3 is 2.50 bits per heavy atom. The lowest BCUT2D eigenvalue weighted by atomic mass is 9.97. The number of nitrogens with two attached hydrogens (primary N) is 2. The zero-order chi connectivity index (χ0) is 22.1. The normalized spacial score (nSPS) is 12.5. The fraction of sp³-hybridized carbons (Fsp3) is 0.292. The van der Waals surface area contributed by atoms with Crippen LogP contribution in [0.25, 0.3) is 23.3 Å². The van der Waals surface area contributed by atoms with E-state index in [1.165, 1.54) is 0 Å². The molecule has 6 heteroatoms. The number of nitrogens with one attached hydrogen (secondary N) is 1. The zero-order valence-corrected chi connectivity index (χ0v) is 17.6. The standard InChI is InChI=1S/C24H31N3O3/c1-3-7-16-13-19(17-10-11-22(28)18(15-17)8-4-2)23(29)21(14-16)27-24(30)20(26)9-5-6-12-25/h3-4,7-8,10-11,13-15,20,28-29H,5-6,9,12,25-26H2,1-2H3,(H,27,30)/t20-/m0/s1. The monoisotopic (exact) mass is 409 g/mol. The fourth-order valence-electron chi connectivity index (χ4n) is 3.16. The van der Waals surface area contributed by atoms with Gasteiger partial charge in [0.25, 0.3) is 0 Å². The molecule has 0 spiro atoms. The van der Waals surface area contributed by atoms with Crippen molar-refractivity contribution in [3.8, 4) is 22.6 Å². The summed E-state index contributed by atoms with van der Waals surface area (Å²) in [6.45, 7) is 4.31. The van der Waals surface area contributed by atoms with Crippen molar-refractivity contribution in [3.63, 3.8) is 0 Å². The van der Waals surface area contributed by atoms with Gasteiger partial charge < -0.3 is 27.0 Å². The molecule has 0 aliphatic carbocycles. The molecule has 7 N–H and O–H groups in total. The molecule has 0 bridgehead atoms. The summed E-state index contributed by atoms with van der Waals surface area (Å²) in [6, 6.07) is 7.95. The molecule has 0 aliphatic rings. The van der Waals surface area contributed by atoms with E-state index in [0.717, 1.165) is 18.4 Å². The Labute approximate surface area is 177 Å². The molecule has 2 aromatic rings. The number of hydrogen-bond acceptors (Lipinski definition) is 5. The van der Waals surface area contributed by atoms with Gasteiger partial charge >= 0.3 is 0 Å². The van der Waals surface area contributed by atoms with Crippen LogP contribution in [0.4, 0.5) is 5.69 Å². The smallest absolute Gasteiger partial charge is 0.241 e. The van der Waals surface area contributed by atoms with Crippen molar-refractivity contribution >= 4 is 23.7 Å². The van der Waals surface area contributed by atoms with Crippen molar-refractivity contribution in [2.75, 3.05) is 11.9 Å². The summed E-state index contributed by atoms with van der Waals surface area (Å²) in [6.07, 6.45) is 9.47. The summed E-state index contributed by atoms with van der Waals surface area (Å²) < 4.78 is 0. The van der Waals surface area contributed by atoms with Gasteiger partial charge in [-0.05, 0) is 68.6 Å². The van der Waals surface area contributed by atoms with E-state index in [2.05, 4.69) is 5.32 Å². The average molecular weight is 410 g/mol. The van der Waals surface area contributed by atoms with E-state index < -0.39 is 6.04 Å². The predicted octanol–water partition coefficient (Wildman–Crippen LogP) is 4.23. The number of carbonyl (C=O) groups is 1. The Morgan fingerprint density at radius 2 is 1.83 bits per heavy atom. The Hall–Kier alpha value is -3.09. The number of benzene rings is 2. The second kappa shape index (κ2) is 11.2. The molecule has 1 amide bonds. The van der Waals surface area contributed by atoms with Crippen LogP contribution < -0.4 is 16.8 Å². The maximum atomic E-state index is 12.5. The molecule has 0 heterocycles. The van der Waals surface area contributed by atoms with E-state index in [-0.39, 0.29) is 17.4 Å². The quantitative estimate of drug-likeness (QED) is 0.313. The Kier molecular flexibility index (Phi) is 8.65. The first-order valence-electron chi connectivity index (χ1n) is 10.1. The third-order valence-electron chi connectivity index (χ3n) is 4.74. The summed E-state index contributed by atoms with van der Waals surface area (Å²) >= 11 is 0. The van der Waals surface area contributed by atoms with E-state index in [1.54, 1.807) is 30.3 Å². The molecule has 0 saturated carbocycles. The van der Waals surface area contributed by atoms with Gasteiger partial charge in [-0.25, -0.2) is 0 Å². The van der Waals surface area contributed by atoms with Crippen molar-refractivity contribution in [3.05, 3.63) is 53.6 Å². The molecule has 0 aliphatic heterocycles. The van der Waals surface area contributed by atoms with Gasteiger partial charge in [0.2, 0.25) is 5.91 Å². The zero-order valence-electron chi connectivity index (χ0n) is 17.6. The Balaban J connectivity index is 2.42. The number of unbranched alkanes of at least 4 members (excludes halogenated alkanes) is 1. The highest BCUT2D eigenvalue weighted by Gasteiger charge is 2.18. The summed E-state index contributed by atoms with van der Waals surface area (Å²) in [5, 5.41) is 23.7. The fourth-order valence-corrected chi connectivity index (χ4v) is 3.16. The van der Waals surface area contributed by atoms with E-state index in [0.29, 0.717) is 35.3 Å². The van der Waals surface area contributed by atoms with Gasteiger partial charge in [-0.3, -0.25) is 4.79 Å². The number of anilines is 1. The lowest BCUT2D eigenvalue weighted by molar-refractivity contribution is -0.117. The van der Waals surface area contributed by atoms with Crippen LogP contribution in [0.5, 0.6) is 11.5 Å². The third-order valence-corrected chi connectivity index (χ3v) is 4.74. The number of allylic oxidation sites excluding steroid dienone is 2. The van der Waals surface area contributed by atoms with Gasteiger partial charge in [0.15, 0.2) is 0 Å². The van der Waals surface area contributed by atoms with Crippen LogP contribution in [-0.4, -0.2) is 28.7 Å².